The molecule has 3 nitrogen and oxygen atoms in total. The van der Waals surface area contributed by atoms with Gasteiger partial charge in [-0.15, -0.1) is 0 Å². The van der Waals surface area contributed by atoms with E-state index >= 15 is 0 Å². The van der Waals surface area contributed by atoms with Crippen LogP contribution < -0.4 is 4.72 Å². The van der Waals surface area contributed by atoms with Crippen LogP contribution in [0.4, 0.5) is 0 Å². The summed E-state index contributed by atoms with van der Waals surface area (Å²) in [6.45, 7) is 8.17. The quantitative estimate of drug-likeness (QED) is 0.702. The molecule has 1 aromatic carbocycles. The minimum absolute atomic E-state index is 0.0174. The Morgan fingerprint density at radius 1 is 1.14 bits per heavy atom. The van der Waals surface area contributed by atoms with E-state index in [2.05, 4.69) is 11.6 Å². The molecule has 0 aliphatic heterocycles. The fourth-order valence-corrected chi connectivity index (χ4v) is 3.77. The third kappa shape index (κ3) is 5.65. The van der Waals surface area contributed by atoms with E-state index in [0.29, 0.717) is 6.42 Å². The summed E-state index contributed by atoms with van der Waals surface area (Å²) >= 11 is 0. The van der Waals surface area contributed by atoms with Gasteiger partial charge in [-0.2, -0.15) is 0 Å². The van der Waals surface area contributed by atoms with E-state index in [-0.39, 0.29) is 17.7 Å². The average molecular weight is 324 g/mol. The van der Waals surface area contributed by atoms with Crippen LogP contribution in [0.3, 0.4) is 0 Å². The standard InChI is InChI=1S/C18H29NO2S/c1-5-8-17(16(7-3)18(20)9-6-2)19-22(21)15-12-10-14(4)11-13-15/h10-13,16-17,19H,5-9H2,1-4H3/t16-,17+,22+/m0/s1. The molecule has 0 aliphatic carbocycles. The number of nitrogens with one attached hydrogen (secondary N) is 1. The van der Waals surface area contributed by atoms with Crippen molar-refractivity contribution in [3.05, 3.63) is 29.8 Å². The molecule has 1 rings (SSSR count). The van der Waals surface area contributed by atoms with E-state index in [4.69, 9.17) is 0 Å². The Morgan fingerprint density at radius 3 is 2.27 bits per heavy atom. The van der Waals surface area contributed by atoms with Gasteiger partial charge in [0.05, 0.1) is 4.90 Å². The number of hydrogen-bond acceptors (Lipinski definition) is 2. The van der Waals surface area contributed by atoms with Crippen LogP contribution in [0.5, 0.6) is 0 Å². The minimum Gasteiger partial charge on any atom is -0.299 e. The van der Waals surface area contributed by atoms with Gasteiger partial charge in [0.1, 0.15) is 16.8 Å². The molecule has 0 heterocycles. The fraction of sp³-hybridized carbons (Fsp3) is 0.611. The number of carbonyl (C=O) groups is 1. The molecule has 0 aromatic heterocycles. The van der Waals surface area contributed by atoms with Crippen LogP contribution in [-0.4, -0.2) is 16.0 Å². The van der Waals surface area contributed by atoms with E-state index < -0.39 is 11.0 Å². The SMILES string of the molecule is CCCC(=O)[C@@H](CC)[C@@H](CCC)N[S@](=O)c1ccc(C)cc1. The topological polar surface area (TPSA) is 46.2 Å². The molecule has 0 fully saturated rings. The number of hydrogen-bond donors (Lipinski definition) is 1. The lowest BCUT2D eigenvalue weighted by Crippen LogP contribution is -2.40. The monoisotopic (exact) mass is 323 g/mol. The first kappa shape index (κ1) is 19.0. The van der Waals surface area contributed by atoms with Gasteiger partial charge < -0.3 is 0 Å². The van der Waals surface area contributed by atoms with Gasteiger partial charge in [-0.25, -0.2) is 8.93 Å². The molecular weight excluding hydrogens is 294 g/mol. The molecule has 124 valence electrons. The van der Waals surface area contributed by atoms with Gasteiger partial charge in [-0.05, 0) is 38.3 Å². The van der Waals surface area contributed by atoms with Crippen LogP contribution in [-0.2, 0) is 15.8 Å². The van der Waals surface area contributed by atoms with E-state index in [1.165, 1.54) is 0 Å². The summed E-state index contributed by atoms with van der Waals surface area (Å²) in [5.41, 5.74) is 1.15. The summed E-state index contributed by atoms with van der Waals surface area (Å²) < 4.78 is 15.7. The van der Waals surface area contributed by atoms with Crippen molar-refractivity contribution >= 4 is 16.8 Å². The number of rotatable bonds is 10. The number of carbonyl (C=O) groups excluding carboxylic acids is 1. The zero-order valence-corrected chi connectivity index (χ0v) is 15.0. The van der Waals surface area contributed by atoms with Gasteiger partial charge in [0.2, 0.25) is 0 Å². The van der Waals surface area contributed by atoms with Crippen molar-refractivity contribution < 1.29 is 9.00 Å². The molecule has 0 saturated heterocycles. The van der Waals surface area contributed by atoms with Crippen molar-refractivity contribution in [1.29, 1.82) is 0 Å². The molecule has 0 bridgehead atoms. The third-order valence-corrected chi connectivity index (χ3v) is 5.15. The summed E-state index contributed by atoms with van der Waals surface area (Å²) in [6, 6.07) is 7.68. The van der Waals surface area contributed by atoms with Crippen molar-refractivity contribution in [3.8, 4) is 0 Å². The van der Waals surface area contributed by atoms with Crippen molar-refractivity contribution in [2.45, 2.75) is 70.7 Å². The van der Waals surface area contributed by atoms with Gasteiger partial charge >= 0.3 is 0 Å². The lowest BCUT2D eigenvalue weighted by molar-refractivity contribution is -0.123. The Hall–Kier alpha value is -1.00. The van der Waals surface area contributed by atoms with Gasteiger partial charge in [0, 0.05) is 18.4 Å². The van der Waals surface area contributed by atoms with Crippen LogP contribution in [0.25, 0.3) is 0 Å². The van der Waals surface area contributed by atoms with Crippen molar-refractivity contribution in [2.24, 2.45) is 5.92 Å². The Balaban J connectivity index is 2.83. The van der Waals surface area contributed by atoms with E-state index in [0.717, 1.165) is 36.1 Å². The molecule has 1 aromatic rings. The van der Waals surface area contributed by atoms with Crippen LogP contribution in [0.2, 0.25) is 0 Å². The normalized spacial score (nSPS) is 15.3. The van der Waals surface area contributed by atoms with Crippen LogP contribution in [0.15, 0.2) is 29.2 Å². The van der Waals surface area contributed by atoms with Crippen LogP contribution in [0.1, 0.15) is 58.4 Å². The minimum atomic E-state index is -1.27. The summed E-state index contributed by atoms with van der Waals surface area (Å²) in [5.74, 6) is 0.242. The van der Waals surface area contributed by atoms with Gasteiger partial charge in [0.25, 0.3) is 0 Å². The van der Waals surface area contributed by atoms with E-state index in [1.807, 2.05) is 45.0 Å². The van der Waals surface area contributed by atoms with E-state index in [9.17, 15) is 9.00 Å². The molecule has 1 N–H and O–H groups in total. The first-order chi connectivity index (χ1) is 10.5. The second kappa shape index (κ2) is 9.90. The Kier molecular flexibility index (Phi) is 8.57. The highest BCUT2D eigenvalue weighted by atomic mass is 32.2. The van der Waals surface area contributed by atoms with Crippen molar-refractivity contribution in [1.82, 2.24) is 4.72 Å². The summed E-state index contributed by atoms with van der Waals surface area (Å²) in [6.07, 6.45) is 4.11. The van der Waals surface area contributed by atoms with Gasteiger partial charge in [-0.3, -0.25) is 4.79 Å². The Morgan fingerprint density at radius 2 is 1.77 bits per heavy atom. The lowest BCUT2D eigenvalue weighted by atomic mass is 9.88. The second-order valence-electron chi connectivity index (χ2n) is 5.83. The van der Waals surface area contributed by atoms with Crippen LogP contribution >= 0.6 is 0 Å². The molecule has 22 heavy (non-hydrogen) atoms. The number of Topliss-reactive ketones (excluding diaryl/α,β-unsaturated/α-hetero) is 1. The van der Waals surface area contributed by atoms with Crippen molar-refractivity contribution in [3.63, 3.8) is 0 Å². The maximum atomic E-state index is 12.5. The molecule has 0 aliphatic rings. The Bertz CT molecular complexity index is 484. The predicted octanol–water partition coefficient (Wildman–Crippen LogP) is 4.17. The zero-order chi connectivity index (χ0) is 16.5. The molecule has 0 saturated carbocycles. The highest BCUT2D eigenvalue weighted by Gasteiger charge is 2.26. The number of aryl methyl sites for hydroxylation is 1. The summed E-state index contributed by atoms with van der Waals surface area (Å²) in [5, 5.41) is 0. The predicted molar refractivity (Wildman–Crippen MR) is 93.1 cm³/mol. The van der Waals surface area contributed by atoms with Crippen molar-refractivity contribution in [2.75, 3.05) is 0 Å². The maximum Gasteiger partial charge on any atom is 0.137 e. The van der Waals surface area contributed by atoms with E-state index in [1.54, 1.807) is 0 Å². The molecule has 0 amide bonds. The zero-order valence-electron chi connectivity index (χ0n) is 14.2. The molecule has 0 unspecified atom stereocenters. The molecule has 4 heteroatoms. The number of ketones is 1. The summed E-state index contributed by atoms with van der Waals surface area (Å²) in [7, 11) is -1.27. The van der Waals surface area contributed by atoms with Gasteiger partial charge in [-0.1, -0.05) is 44.9 Å². The number of benzene rings is 1. The summed E-state index contributed by atoms with van der Waals surface area (Å²) in [4.78, 5) is 13.1. The third-order valence-electron chi connectivity index (χ3n) is 3.93. The van der Waals surface area contributed by atoms with Crippen LogP contribution in [0, 0.1) is 12.8 Å². The molecule has 3 atom stereocenters. The molecule has 0 radical (unpaired) electrons. The van der Waals surface area contributed by atoms with Gasteiger partial charge in [0.15, 0.2) is 0 Å². The highest BCUT2D eigenvalue weighted by molar-refractivity contribution is 7.83. The average Bonchev–Trinajstić information content (AvgIpc) is 2.49. The first-order valence-electron chi connectivity index (χ1n) is 8.30. The maximum absolute atomic E-state index is 12.5. The first-order valence-corrected chi connectivity index (χ1v) is 9.45. The largest absolute Gasteiger partial charge is 0.299 e. The Labute approximate surface area is 137 Å². The second-order valence-corrected chi connectivity index (χ2v) is 7.07. The fourth-order valence-electron chi connectivity index (χ4n) is 2.69. The molecule has 0 spiro atoms. The highest BCUT2D eigenvalue weighted by Crippen LogP contribution is 2.19. The lowest BCUT2D eigenvalue weighted by Gasteiger charge is -2.25. The molecular formula is C18H29NO2S. The smallest absolute Gasteiger partial charge is 0.137 e.